The summed E-state index contributed by atoms with van der Waals surface area (Å²) in [5, 5.41) is 10.2. The van der Waals surface area contributed by atoms with Gasteiger partial charge < -0.3 is 5.11 Å². The van der Waals surface area contributed by atoms with Crippen molar-refractivity contribution < 1.29 is 5.11 Å². The quantitative estimate of drug-likeness (QED) is 0.199. The Balaban J connectivity index is 1.48. The molecule has 2 aromatic rings. The van der Waals surface area contributed by atoms with Crippen LogP contribution >= 0.6 is 0 Å². The molecule has 0 saturated heterocycles. The number of aryl methyl sites for hydroxylation is 1. The van der Waals surface area contributed by atoms with Crippen LogP contribution in [0.5, 0.6) is 5.75 Å². The Morgan fingerprint density at radius 1 is 0.613 bits per heavy atom. The lowest BCUT2D eigenvalue weighted by atomic mass is 9.99. The van der Waals surface area contributed by atoms with Crippen molar-refractivity contribution in [1.29, 1.82) is 0 Å². The molecule has 0 spiro atoms. The Hall–Kier alpha value is -2.02. The summed E-state index contributed by atoms with van der Waals surface area (Å²) in [6.45, 7) is 2.28. The second kappa shape index (κ2) is 16.6. The van der Waals surface area contributed by atoms with E-state index in [1.54, 1.807) is 0 Å². The van der Waals surface area contributed by atoms with E-state index in [0.717, 1.165) is 18.4 Å². The largest absolute Gasteiger partial charge is 0.508 e. The molecule has 0 aliphatic heterocycles. The number of hydrogen-bond acceptors (Lipinski definition) is 1. The average molecular weight is 421 g/mol. The van der Waals surface area contributed by atoms with E-state index in [1.165, 1.54) is 94.6 Å². The minimum Gasteiger partial charge on any atom is -0.508 e. The number of phenolic OH excluding ortho intramolecular Hbond substituents is 1. The van der Waals surface area contributed by atoms with Crippen molar-refractivity contribution in [1.82, 2.24) is 0 Å². The first-order valence-electron chi connectivity index (χ1n) is 12.8. The molecule has 0 bridgehead atoms. The number of hydrogen-bond donors (Lipinski definition) is 1. The minimum absolute atomic E-state index is 0.437. The summed E-state index contributed by atoms with van der Waals surface area (Å²) in [5.41, 5.74) is 3.49. The number of unbranched alkanes of at least 4 members (excludes halogenated alkanes) is 12. The normalized spacial score (nSPS) is 11.4. The fraction of sp³-hybridized carbons (Fsp3) is 0.533. The van der Waals surface area contributed by atoms with Crippen molar-refractivity contribution in [3.63, 3.8) is 0 Å². The molecule has 1 heteroatoms. The van der Waals surface area contributed by atoms with E-state index in [2.05, 4.69) is 49.4 Å². The molecule has 0 aromatic heterocycles. The maximum absolute atomic E-state index is 10.2. The predicted octanol–water partition coefficient (Wildman–Crippen LogP) is 9.64. The second-order valence-electron chi connectivity index (χ2n) is 8.90. The van der Waals surface area contributed by atoms with Crippen LogP contribution in [0.25, 0.3) is 11.1 Å². The Kier molecular flexibility index (Phi) is 13.6. The fourth-order valence-electron chi connectivity index (χ4n) is 4.16. The summed E-state index contributed by atoms with van der Waals surface area (Å²) in [6, 6.07) is 16.4. The highest BCUT2D eigenvalue weighted by molar-refractivity contribution is 5.65. The summed E-state index contributed by atoms with van der Waals surface area (Å²) in [4.78, 5) is 0. The van der Waals surface area contributed by atoms with Crippen molar-refractivity contribution in [3.05, 3.63) is 66.2 Å². The molecule has 1 nitrogen and oxygen atoms in total. The van der Waals surface area contributed by atoms with Crippen LogP contribution in [0, 0.1) is 0 Å². The number of allylic oxidation sites excluding steroid dienone is 2. The van der Waals surface area contributed by atoms with E-state index >= 15 is 0 Å². The van der Waals surface area contributed by atoms with Gasteiger partial charge in [-0.1, -0.05) is 113 Å². The maximum Gasteiger partial charge on any atom is 0.118 e. The number of aromatic hydroxyl groups is 1. The highest BCUT2D eigenvalue weighted by Crippen LogP contribution is 2.27. The van der Waals surface area contributed by atoms with Gasteiger partial charge >= 0.3 is 0 Å². The molecular formula is C30H44O. The SMILES string of the molecule is CCCCCCCCC=CCCCCCCCCc1cc(-c2ccccc2)ccc1O. The van der Waals surface area contributed by atoms with Crippen LogP contribution < -0.4 is 0 Å². The Morgan fingerprint density at radius 2 is 1.19 bits per heavy atom. The maximum atomic E-state index is 10.2. The third-order valence-corrected chi connectivity index (χ3v) is 6.14. The molecule has 0 heterocycles. The van der Waals surface area contributed by atoms with Gasteiger partial charge in [-0.25, -0.2) is 0 Å². The second-order valence-corrected chi connectivity index (χ2v) is 8.90. The lowest BCUT2D eigenvalue weighted by molar-refractivity contribution is 0.466. The molecule has 0 aliphatic carbocycles. The van der Waals surface area contributed by atoms with Crippen LogP contribution in [-0.2, 0) is 6.42 Å². The molecule has 0 amide bonds. The molecule has 0 unspecified atom stereocenters. The first kappa shape index (κ1) is 25.2. The van der Waals surface area contributed by atoms with Crippen molar-refractivity contribution in [2.45, 2.75) is 103 Å². The zero-order chi connectivity index (χ0) is 22.0. The number of benzene rings is 2. The minimum atomic E-state index is 0.437. The van der Waals surface area contributed by atoms with Gasteiger partial charge in [0, 0.05) is 0 Å². The topological polar surface area (TPSA) is 20.2 Å². The van der Waals surface area contributed by atoms with Gasteiger partial charge in [0.15, 0.2) is 0 Å². The van der Waals surface area contributed by atoms with Gasteiger partial charge in [-0.3, -0.25) is 0 Å². The van der Waals surface area contributed by atoms with Crippen molar-refractivity contribution >= 4 is 0 Å². The van der Waals surface area contributed by atoms with Crippen LogP contribution in [0.2, 0.25) is 0 Å². The highest BCUT2D eigenvalue weighted by atomic mass is 16.3. The molecule has 0 saturated carbocycles. The zero-order valence-electron chi connectivity index (χ0n) is 19.8. The third-order valence-electron chi connectivity index (χ3n) is 6.14. The van der Waals surface area contributed by atoms with E-state index in [4.69, 9.17) is 0 Å². The van der Waals surface area contributed by atoms with Crippen LogP contribution in [0.15, 0.2) is 60.7 Å². The highest BCUT2D eigenvalue weighted by Gasteiger charge is 2.04. The zero-order valence-corrected chi connectivity index (χ0v) is 19.8. The summed E-state index contributed by atoms with van der Waals surface area (Å²) in [6.07, 6.45) is 24.3. The molecule has 2 aromatic carbocycles. The molecule has 2 rings (SSSR count). The fourth-order valence-corrected chi connectivity index (χ4v) is 4.16. The number of rotatable bonds is 17. The first-order chi connectivity index (χ1) is 15.3. The molecule has 0 aliphatic rings. The number of phenols is 1. The molecule has 31 heavy (non-hydrogen) atoms. The molecule has 170 valence electrons. The predicted molar refractivity (Wildman–Crippen MR) is 137 cm³/mol. The smallest absolute Gasteiger partial charge is 0.118 e. The summed E-state index contributed by atoms with van der Waals surface area (Å²) in [5.74, 6) is 0.437. The summed E-state index contributed by atoms with van der Waals surface area (Å²) < 4.78 is 0. The van der Waals surface area contributed by atoms with E-state index in [-0.39, 0.29) is 0 Å². The van der Waals surface area contributed by atoms with Crippen LogP contribution in [0.1, 0.15) is 102 Å². The Morgan fingerprint density at radius 3 is 1.84 bits per heavy atom. The molecule has 0 atom stereocenters. The lowest BCUT2D eigenvalue weighted by Crippen LogP contribution is -1.89. The standard InChI is InChI=1S/C30H44O/c1-2-3-4-5-6-7-8-9-10-11-12-13-14-15-16-18-23-29-26-28(24-25-30(29)31)27-21-19-17-20-22-27/h9-10,17,19-22,24-26,31H,2-8,11-16,18,23H2,1H3. The molecular weight excluding hydrogens is 376 g/mol. The molecule has 1 N–H and O–H groups in total. The van der Waals surface area contributed by atoms with Crippen molar-refractivity contribution in [3.8, 4) is 16.9 Å². The van der Waals surface area contributed by atoms with Gasteiger partial charge in [0.2, 0.25) is 0 Å². The van der Waals surface area contributed by atoms with Crippen molar-refractivity contribution in [2.24, 2.45) is 0 Å². The van der Waals surface area contributed by atoms with E-state index in [0.29, 0.717) is 5.75 Å². The van der Waals surface area contributed by atoms with E-state index in [9.17, 15) is 5.11 Å². The van der Waals surface area contributed by atoms with Gasteiger partial charge in [-0.2, -0.15) is 0 Å². The lowest BCUT2D eigenvalue weighted by Gasteiger charge is -2.08. The summed E-state index contributed by atoms with van der Waals surface area (Å²) in [7, 11) is 0. The van der Waals surface area contributed by atoms with E-state index in [1.807, 2.05) is 18.2 Å². The monoisotopic (exact) mass is 420 g/mol. The van der Waals surface area contributed by atoms with Gasteiger partial charge in [-0.05, 0) is 67.3 Å². The molecule has 0 fully saturated rings. The Bertz CT molecular complexity index is 716. The first-order valence-corrected chi connectivity index (χ1v) is 12.8. The average Bonchev–Trinajstić information content (AvgIpc) is 2.80. The Labute approximate surface area is 191 Å². The van der Waals surface area contributed by atoms with Crippen molar-refractivity contribution in [2.75, 3.05) is 0 Å². The molecule has 0 radical (unpaired) electrons. The van der Waals surface area contributed by atoms with Gasteiger partial charge in [0.05, 0.1) is 0 Å². The van der Waals surface area contributed by atoms with Crippen LogP contribution in [-0.4, -0.2) is 5.11 Å². The van der Waals surface area contributed by atoms with Gasteiger partial charge in [0.1, 0.15) is 5.75 Å². The van der Waals surface area contributed by atoms with Crippen LogP contribution in [0.4, 0.5) is 0 Å². The van der Waals surface area contributed by atoms with Gasteiger partial charge in [-0.15, -0.1) is 0 Å². The third kappa shape index (κ3) is 11.2. The van der Waals surface area contributed by atoms with Gasteiger partial charge in [0.25, 0.3) is 0 Å². The summed E-state index contributed by atoms with van der Waals surface area (Å²) >= 11 is 0. The van der Waals surface area contributed by atoms with Crippen LogP contribution in [0.3, 0.4) is 0 Å². The van der Waals surface area contributed by atoms with E-state index < -0.39 is 0 Å².